The van der Waals surface area contributed by atoms with Gasteiger partial charge in [-0.3, -0.25) is 4.79 Å². The highest BCUT2D eigenvalue weighted by molar-refractivity contribution is 5.91. The van der Waals surface area contributed by atoms with Crippen molar-refractivity contribution in [3.8, 4) is 0 Å². The number of rotatable bonds is 3. The van der Waals surface area contributed by atoms with Crippen LogP contribution < -0.4 is 10.2 Å². The first-order valence-corrected chi connectivity index (χ1v) is 6.76. The zero-order chi connectivity index (χ0) is 14.6. The molecular formula is C14H18F3N2O+. The first-order valence-electron chi connectivity index (χ1n) is 6.76. The Balaban J connectivity index is 1.93. The summed E-state index contributed by atoms with van der Waals surface area (Å²) in [7, 11) is 0. The Morgan fingerprint density at radius 3 is 2.55 bits per heavy atom. The lowest BCUT2D eigenvalue weighted by atomic mass is 10.1. The Morgan fingerprint density at radius 1 is 1.20 bits per heavy atom. The van der Waals surface area contributed by atoms with Gasteiger partial charge in [0, 0.05) is 5.69 Å². The Morgan fingerprint density at radius 2 is 1.90 bits per heavy atom. The molecule has 1 aliphatic rings. The summed E-state index contributed by atoms with van der Waals surface area (Å²) >= 11 is 0. The lowest BCUT2D eigenvalue weighted by Gasteiger charge is -2.22. The normalized spacial score (nSPS) is 16.9. The smallest absolute Gasteiger partial charge is 0.327 e. The maximum atomic E-state index is 12.6. The number of piperidine rings is 1. The van der Waals surface area contributed by atoms with Crippen LogP contribution in [0.5, 0.6) is 0 Å². The second kappa shape index (κ2) is 6.26. The minimum absolute atomic E-state index is 0.196. The molecule has 2 N–H and O–H groups in total. The van der Waals surface area contributed by atoms with Gasteiger partial charge in [-0.05, 0) is 37.5 Å². The number of halogens is 3. The van der Waals surface area contributed by atoms with E-state index in [1.165, 1.54) is 23.5 Å². The van der Waals surface area contributed by atoms with E-state index >= 15 is 0 Å². The van der Waals surface area contributed by atoms with Gasteiger partial charge in [0.15, 0.2) is 6.54 Å². The second-order valence-electron chi connectivity index (χ2n) is 5.11. The van der Waals surface area contributed by atoms with E-state index in [1.54, 1.807) is 0 Å². The maximum Gasteiger partial charge on any atom is 0.416 e. The Kier molecular flexibility index (Phi) is 4.65. The SMILES string of the molecule is O=C(C[NH+]1CCCCC1)Nc1cccc(C(F)(F)F)c1. The minimum atomic E-state index is -4.39. The predicted octanol–water partition coefficient (Wildman–Crippen LogP) is 1.71. The number of nitrogens with one attached hydrogen (secondary N) is 2. The number of hydrogen-bond donors (Lipinski definition) is 2. The third-order valence-corrected chi connectivity index (χ3v) is 3.44. The van der Waals surface area contributed by atoms with Crippen LogP contribution >= 0.6 is 0 Å². The largest absolute Gasteiger partial charge is 0.416 e. The van der Waals surface area contributed by atoms with Crippen molar-refractivity contribution in [2.75, 3.05) is 25.0 Å². The van der Waals surface area contributed by atoms with Gasteiger partial charge in [0.2, 0.25) is 0 Å². The van der Waals surface area contributed by atoms with Gasteiger partial charge in [-0.1, -0.05) is 6.07 Å². The molecule has 0 atom stereocenters. The monoisotopic (exact) mass is 287 g/mol. The fraction of sp³-hybridized carbons (Fsp3) is 0.500. The molecule has 0 bridgehead atoms. The summed E-state index contributed by atoms with van der Waals surface area (Å²) in [5.41, 5.74) is -0.554. The zero-order valence-electron chi connectivity index (χ0n) is 11.1. The van der Waals surface area contributed by atoms with Crippen LogP contribution in [-0.2, 0) is 11.0 Å². The summed E-state index contributed by atoms with van der Waals surface area (Å²) in [6.07, 6.45) is -0.990. The number of amides is 1. The van der Waals surface area contributed by atoms with Gasteiger partial charge in [-0.15, -0.1) is 0 Å². The fourth-order valence-corrected chi connectivity index (χ4v) is 2.43. The van der Waals surface area contributed by atoms with E-state index in [0.717, 1.165) is 38.1 Å². The molecule has 2 rings (SSSR count). The average Bonchev–Trinajstić information content (AvgIpc) is 2.39. The van der Waals surface area contributed by atoms with E-state index in [4.69, 9.17) is 0 Å². The van der Waals surface area contributed by atoms with Gasteiger partial charge < -0.3 is 10.2 Å². The number of benzene rings is 1. The molecule has 0 saturated carbocycles. The van der Waals surface area contributed by atoms with Crippen LogP contribution in [0.25, 0.3) is 0 Å². The maximum absolute atomic E-state index is 12.6. The molecule has 3 nitrogen and oxygen atoms in total. The average molecular weight is 287 g/mol. The molecule has 1 aromatic carbocycles. The van der Waals surface area contributed by atoms with Crippen molar-refractivity contribution in [2.24, 2.45) is 0 Å². The Bertz CT molecular complexity index is 468. The van der Waals surface area contributed by atoms with Gasteiger partial charge in [0.05, 0.1) is 18.7 Å². The van der Waals surface area contributed by atoms with Crippen LogP contribution in [0, 0.1) is 0 Å². The molecule has 1 amide bonds. The zero-order valence-corrected chi connectivity index (χ0v) is 11.1. The molecule has 1 heterocycles. The van der Waals surface area contributed by atoms with Gasteiger partial charge >= 0.3 is 6.18 Å². The predicted molar refractivity (Wildman–Crippen MR) is 69.5 cm³/mol. The van der Waals surface area contributed by atoms with E-state index in [2.05, 4.69) is 5.32 Å². The fourth-order valence-electron chi connectivity index (χ4n) is 2.43. The molecule has 0 spiro atoms. The Labute approximate surface area is 115 Å². The van der Waals surface area contributed by atoms with E-state index < -0.39 is 11.7 Å². The van der Waals surface area contributed by atoms with Crippen molar-refractivity contribution < 1.29 is 22.9 Å². The first kappa shape index (κ1) is 14.8. The van der Waals surface area contributed by atoms with Crippen molar-refractivity contribution in [1.82, 2.24) is 0 Å². The number of carbonyl (C=O) groups is 1. The van der Waals surface area contributed by atoms with Gasteiger partial charge in [0.25, 0.3) is 5.91 Å². The van der Waals surface area contributed by atoms with Crippen molar-refractivity contribution in [3.05, 3.63) is 29.8 Å². The number of likely N-dealkylation sites (tertiary alicyclic amines) is 1. The van der Waals surface area contributed by atoms with Crippen molar-refractivity contribution in [1.29, 1.82) is 0 Å². The molecule has 1 aromatic rings. The number of quaternary nitrogens is 1. The number of alkyl halides is 3. The molecular weight excluding hydrogens is 269 g/mol. The minimum Gasteiger partial charge on any atom is -0.327 e. The third-order valence-electron chi connectivity index (χ3n) is 3.44. The summed E-state index contributed by atoms with van der Waals surface area (Å²) in [5, 5.41) is 2.54. The van der Waals surface area contributed by atoms with Gasteiger partial charge in [-0.25, -0.2) is 0 Å². The molecule has 0 aliphatic carbocycles. The molecule has 0 aromatic heterocycles. The highest BCUT2D eigenvalue weighted by Crippen LogP contribution is 2.30. The number of anilines is 1. The summed E-state index contributed by atoms with van der Waals surface area (Å²) in [4.78, 5) is 13.0. The van der Waals surface area contributed by atoms with Crippen molar-refractivity contribution >= 4 is 11.6 Å². The Hall–Kier alpha value is -1.56. The van der Waals surface area contributed by atoms with Crippen LogP contribution in [0.1, 0.15) is 24.8 Å². The van der Waals surface area contributed by atoms with Gasteiger partial charge in [0.1, 0.15) is 0 Å². The summed E-state index contributed by atoms with van der Waals surface area (Å²) in [6.45, 7) is 2.22. The molecule has 1 fully saturated rings. The summed E-state index contributed by atoms with van der Waals surface area (Å²) in [5.74, 6) is -0.235. The van der Waals surface area contributed by atoms with E-state index in [-0.39, 0.29) is 11.6 Å². The van der Waals surface area contributed by atoms with E-state index in [9.17, 15) is 18.0 Å². The summed E-state index contributed by atoms with van der Waals surface area (Å²) < 4.78 is 37.7. The molecule has 1 saturated heterocycles. The van der Waals surface area contributed by atoms with E-state index in [0.29, 0.717) is 6.54 Å². The first-order chi connectivity index (χ1) is 9.45. The molecule has 20 heavy (non-hydrogen) atoms. The van der Waals surface area contributed by atoms with Crippen LogP contribution in [0.3, 0.4) is 0 Å². The number of carbonyl (C=O) groups excluding carboxylic acids is 1. The van der Waals surface area contributed by atoms with Crippen LogP contribution in [0.2, 0.25) is 0 Å². The second-order valence-corrected chi connectivity index (χ2v) is 5.11. The summed E-state index contributed by atoms with van der Waals surface area (Å²) in [6, 6.07) is 4.72. The standard InChI is InChI=1S/C14H17F3N2O/c15-14(16,17)11-5-4-6-12(9-11)18-13(20)10-19-7-2-1-3-8-19/h4-6,9H,1-3,7-8,10H2,(H,18,20)/p+1. The molecule has 1 aliphatic heterocycles. The van der Waals surface area contributed by atoms with Crippen LogP contribution in [0.4, 0.5) is 18.9 Å². The highest BCUT2D eigenvalue weighted by Gasteiger charge is 2.30. The molecule has 6 heteroatoms. The number of hydrogen-bond acceptors (Lipinski definition) is 1. The third kappa shape index (κ3) is 4.23. The van der Waals surface area contributed by atoms with Crippen LogP contribution in [0.15, 0.2) is 24.3 Å². The molecule has 0 unspecified atom stereocenters. The lowest BCUT2D eigenvalue weighted by Crippen LogP contribution is -3.13. The highest BCUT2D eigenvalue weighted by atomic mass is 19.4. The topological polar surface area (TPSA) is 33.5 Å². The van der Waals surface area contributed by atoms with Crippen molar-refractivity contribution in [2.45, 2.75) is 25.4 Å². The van der Waals surface area contributed by atoms with E-state index in [1.807, 2.05) is 0 Å². The molecule has 0 radical (unpaired) electrons. The van der Waals surface area contributed by atoms with Crippen molar-refractivity contribution in [3.63, 3.8) is 0 Å². The van der Waals surface area contributed by atoms with Gasteiger partial charge in [-0.2, -0.15) is 13.2 Å². The van der Waals surface area contributed by atoms with Crippen LogP contribution in [-0.4, -0.2) is 25.5 Å². The lowest BCUT2D eigenvalue weighted by molar-refractivity contribution is -0.896. The quantitative estimate of drug-likeness (QED) is 0.872. The molecule has 110 valence electrons.